The van der Waals surface area contributed by atoms with Gasteiger partial charge in [0.2, 0.25) is 5.91 Å². The molecule has 0 saturated heterocycles. The van der Waals surface area contributed by atoms with E-state index in [1.54, 1.807) is 0 Å². The average Bonchev–Trinajstić information content (AvgIpc) is 3.44. The minimum atomic E-state index is -0.0495. The number of pyridine rings is 1. The van der Waals surface area contributed by atoms with Crippen LogP contribution in [-0.4, -0.2) is 30.9 Å². The number of benzene rings is 1. The van der Waals surface area contributed by atoms with Gasteiger partial charge in [-0.15, -0.1) is 0 Å². The van der Waals surface area contributed by atoms with E-state index in [1.807, 2.05) is 55.2 Å². The lowest BCUT2D eigenvalue weighted by Gasteiger charge is -2.15. The summed E-state index contributed by atoms with van der Waals surface area (Å²) in [5.74, 6) is -0.0337. The maximum absolute atomic E-state index is 11.9. The van der Waals surface area contributed by atoms with Crippen LogP contribution < -0.4 is 5.32 Å². The van der Waals surface area contributed by atoms with Crippen molar-refractivity contribution in [3.63, 3.8) is 0 Å². The molecule has 3 aromatic heterocycles. The highest BCUT2D eigenvalue weighted by molar-refractivity contribution is 5.92. The molecule has 2 N–H and O–H groups in total. The topological polar surface area (TPSA) is 88.5 Å². The van der Waals surface area contributed by atoms with E-state index in [2.05, 4.69) is 47.3 Å². The fourth-order valence-corrected chi connectivity index (χ4v) is 4.54. The molecule has 0 fully saturated rings. The van der Waals surface area contributed by atoms with Crippen LogP contribution in [0.4, 0.5) is 5.69 Å². The van der Waals surface area contributed by atoms with Gasteiger partial charge in [0.15, 0.2) is 5.65 Å². The van der Waals surface area contributed by atoms with Crippen LogP contribution in [0.5, 0.6) is 0 Å². The van der Waals surface area contributed by atoms with Gasteiger partial charge in [-0.1, -0.05) is 39.8 Å². The van der Waals surface area contributed by atoms with Crippen LogP contribution in [0.1, 0.15) is 57.5 Å². The van der Waals surface area contributed by atoms with Crippen molar-refractivity contribution in [2.24, 2.45) is 11.3 Å². The Labute approximate surface area is 193 Å². The first-order valence-electron chi connectivity index (χ1n) is 11.5. The summed E-state index contributed by atoms with van der Waals surface area (Å²) in [5, 5.41) is 16.5. The molecule has 1 atom stereocenters. The fourth-order valence-electron chi connectivity index (χ4n) is 4.54. The molecule has 1 unspecified atom stereocenters. The summed E-state index contributed by atoms with van der Waals surface area (Å²) in [6.45, 7) is 10.5. The number of amides is 1. The summed E-state index contributed by atoms with van der Waals surface area (Å²) in [7, 11) is 0. The van der Waals surface area contributed by atoms with Crippen molar-refractivity contribution >= 4 is 22.6 Å². The second kappa shape index (κ2) is 7.83. The summed E-state index contributed by atoms with van der Waals surface area (Å²) < 4.78 is 1.95. The smallest absolute Gasteiger partial charge is 0.226 e. The van der Waals surface area contributed by atoms with Gasteiger partial charge in [0.05, 0.1) is 11.7 Å². The standard InChI is InChI=1S/C26H30N6O/c1-15(2)25(33)28-20-8-6-17(7-9-20)16(3)32-14-19-10-18(13-27-24(19)31-32)23-21-11-26(4,5)12-22(21)29-30-23/h6-10,13-16H,11-12H2,1-5H3,(H,28,33)(H,29,30). The third-order valence-corrected chi connectivity index (χ3v) is 6.50. The van der Waals surface area contributed by atoms with E-state index >= 15 is 0 Å². The quantitative estimate of drug-likeness (QED) is 0.447. The normalized spacial score (nSPS) is 15.7. The van der Waals surface area contributed by atoms with E-state index in [0.717, 1.165) is 46.4 Å². The van der Waals surface area contributed by atoms with Crippen LogP contribution in [0.25, 0.3) is 22.3 Å². The van der Waals surface area contributed by atoms with Gasteiger partial charge in [-0.05, 0) is 48.9 Å². The van der Waals surface area contributed by atoms with E-state index in [4.69, 9.17) is 5.10 Å². The average molecular weight is 443 g/mol. The monoisotopic (exact) mass is 442 g/mol. The van der Waals surface area contributed by atoms with Gasteiger partial charge in [-0.3, -0.25) is 14.6 Å². The molecule has 1 amide bonds. The maximum Gasteiger partial charge on any atom is 0.226 e. The molecule has 0 saturated carbocycles. The van der Waals surface area contributed by atoms with E-state index in [1.165, 1.54) is 11.3 Å². The number of hydrogen-bond acceptors (Lipinski definition) is 4. The van der Waals surface area contributed by atoms with Gasteiger partial charge in [-0.25, -0.2) is 4.98 Å². The maximum atomic E-state index is 11.9. The number of fused-ring (bicyclic) bond motifs is 2. The lowest BCUT2D eigenvalue weighted by Crippen LogP contribution is -2.17. The molecule has 1 aromatic carbocycles. The lowest BCUT2D eigenvalue weighted by atomic mass is 9.90. The number of nitrogens with one attached hydrogen (secondary N) is 2. The third kappa shape index (κ3) is 4.03. The summed E-state index contributed by atoms with van der Waals surface area (Å²) in [6, 6.07) is 10.1. The number of rotatable bonds is 5. The van der Waals surface area contributed by atoms with E-state index in [9.17, 15) is 4.79 Å². The highest BCUT2D eigenvalue weighted by Gasteiger charge is 2.32. The van der Waals surface area contributed by atoms with Crippen molar-refractivity contribution in [1.29, 1.82) is 0 Å². The van der Waals surface area contributed by atoms with Crippen LogP contribution in [0.15, 0.2) is 42.7 Å². The Bertz CT molecular complexity index is 1330. The number of aromatic nitrogens is 5. The Morgan fingerprint density at radius 1 is 1.15 bits per heavy atom. The van der Waals surface area contributed by atoms with Gasteiger partial charge < -0.3 is 5.32 Å². The molecule has 1 aliphatic carbocycles. The molecule has 0 radical (unpaired) electrons. The highest BCUT2D eigenvalue weighted by atomic mass is 16.1. The van der Waals surface area contributed by atoms with Crippen molar-refractivity contribution in [3.05, 3.63) is 59.5 Å². The van der Waals surface area contributed by atoms with Crippen molar-refractivity contribution < 1.29 is 4.79 Å². The minimum Gasteiger partial charge on any atom is -0.326 e. The van der Waals surface area contributed by atoms with Crippen LogP contribution in [-0.2, 0) is 17.6 Å². The number of nitrogens with zero attached hydrogens (tertiary/aromatic N) is 4. The number of aromatic amines is 1. The Hall–Kier alpha value is -3.48. The van der Waals surface area contributed by atoms with E-state index < -0.39 is 0 Å². The van der Waals surface area contributed by atoms with Gasteiger partial charge in [-0.2, -0.15) is 10.2 Å². The van der Waals surface area contributed by atoms with Crippen molar-refractivity contribution in [2.45, 2.75) is 53.5 Å². The number of anilines is 1. The number of hydrogen-bond donors (Lipinski definition) is 2. The second-order valence-corrected chi connectivity index (χ2v) is 10.2. The molecule has 7 heteroatoms. The molecule has 170 valence electrons. The van der Waals surface area contributed by atoms with Crippen LogP contribution in [0.3, 0.4) is 0 Å². The lowest BCUT2D eigenvalue weighted by molar-refractivity contribution is -0.118. The molecule has 4 aromatic rings. The van der Waals surface area contributed by atoms with Crippen molar-refractivity contribution in [1.82, 2.24) is 25.0 Å². The fraction of sp³-hybridized carbons (Fsp3) is 0.385. The summed E-state index contributed by atoms with van der Waals surface area (Å²) >= 11 is 0. The van der Waals surface area contributed by atoms with Crippen molar-refractivity contribution in [2.75, 3.05) is 5.32 Å². The van der Waals surface area contributed by atoms with Crippen LogP contribution in [0, 0.1) is 11.3 Å². The van der Waals surface area contributed by atoms with Gasteiger partial charge >= 0.3 is 0 Å². The Kier molecular flexibility index (Phi) is 5.07. The Balaban J connectivity index is 1.39. The van der Waals surface area contributed by atoms with Crippen molar-refractivity contribution in [3.8, 4) is 11.3 Å². The minimum absolute atomic E-state index is 0.0159. The highest BCUT2D eigenvalue weighted by Crippen LogP contribution is 2.40. The molecule has 7 nitrogen and oxygen atoms in total. The zero-order valence-corrected chi connectivity index (χ0v) is 19.8. The predicted molar refractivity (Wildman–Crippen MR) is 130 cm³/mol. The second-order valence-electron chi connectivity index (χ2n) is 10.2. The first-order valence-corrected chi connectivity index (χ1v) is 11.5. The largest absolute Gasteiger partial charge is 0.326 e. The van der Waals surface area contributed by atoms with Gasteiger partial charge in [0.25, 0.3) is 0 Å². The Morgan fingerprint density at radius 3 is 2.64 bits per heavy atom. The SMILES string of the molecule is CC(C)C(=O)Nc1ccc(C(C)n2cc3cc(-c4n[nH]c5c4CC(C)(C)C5)cnc3n2)cc1. The summed E-state index contributed by atoms with van der Waals surface area (Å²) in [6.07, 6.45) is 5.97. The molecule has 0 bridgehead atoms. The molecule has 5 rings (SSSR count). The predicted octanol–water partition coefficient (Wildman–Crippen LogP) is 5.15. The molecule has 0 spiro atoms. The molecular weight excluding hydrogens is 412 g/mol. The zero-order chi connectivity index (χ0) is 23.3. The van der Waals surface area contributed by atoms with Gasteiger partial charge in [0.1, 0.15) is 0 Å². The molecule has 33 heavy (non-hydrogen) atoms. The molecule has 0 aliphatic heterocycles. The van der Waals surface area contributed by atoms with Crippen LogP contribution >= 0.6 is 0 Å². The molecule has 1 aliphatic rings. The number of carbonyl (C=O) groups excluding carboxylic acids is 1. The zero-order valence-electron chi connectivity index (χ0n) is 19.8. The van der Waals surface area contributed by atoms with Gasteiger partial charge in [0, 0.05) is 46.2 Å². The van der Waals surface area contributed by atoms with E-state index in [-0.39, 0.29) is 23.3 Å². The third-order valence-electron chi connectivity index (χ3n) is 6.50. The van der Waals surface area contributed by atoms with E-state index in [0.29, 0.717) is 0 Å². The number of carbonyl (C=O) groups is 1. The Morgan fingerprint density at radius 2 is 1.91 bits per heavy atom. The first-order chi connectivity index (χ1) is 15.7. The number of H-pyrrole nitrogens is 1. The first kappa shape index (κ1) is 21.4. The summed E-state index contributed by atoms with van der Waals surface area (Å²) in [5.41, 5.74) is 7.48. The van der Waals surface area contributed by atoms with Crippen LogP contribution in [0.2, 0.25) is 0 Å². The molecule has 3 heterocycles. The molecular formula is C26H30N6O. The summed E-state index contributed by atoms with van der Waals surface area (Å²) in [4.78, 5) is 16.5.